The topological polar surface area (TPSA) is 60.4 Å². The van der Waals surface area contributed by atoms with Gasteiger partial charge < -0.3 is 5.73 Å². The predicted molar refractivity (Wildman–Crippen MR) is 54.4 cm³/mol. The van der Waals surface area contributed by atoms with Crippen LogP contribution in [0.3, 0.4) is 0 Å². The molecule has 0 fully saturated rings. The van der Waals surface area contributed by atoms with Gasteiger partial charge in [-0.2, -0.15) is 13.2 Å². The van der Waals surface area contributed by atoms with Crippen LogP contribution in [-0.2, 0) is 12.7 Å². The first-order chi connectivity index (χ1) is 7.95. The maximum Gasteiger partial charge on any atom is 0.419 e. The van der Waals surface area contributed by atoms with E-state index in [0.29, 0.717) is 0 Å². The molecule has 2 aromatic rings. The number of alkyl halides is 3. The van der Waals surface area contributed by atoms with E-state index >= 15 is 0 Å². The zero-order valence-corrected chi connectivity index (χ0v) is 8.53. The molecule has 0 amide bonds. The molecule has 2 N–H and O–H groups in total. The first-order valence-electron chi connectivity index (χ1n) is 4.71. The molecule has 7 heteroatoms. The summed E-state index contributed by atoms with van der Waals surface area (Å²) in [7, 11) is 0. The van der Waals surface area contributed by atoms with Gasteiger partial charge in [0.25, 0.3) is 5.56 Å². The van der Waals surface area contributed by atoms with Crippen molar-refractivity contribution in [2.75, 3.05) is 0 Å². The molecule has 2 heterocycles. The molecule has 0 atom stereocenters. The Hall–Kier alpha value is -1.89. The number of rotatable bonds is 1. The van der Waals surface area contributed by atoms with Gasteiger partial charge in [-0.05, 0) is 12.1 Å². The van der Waals surface area contributed by atoms with Crippen LogP contribution in [0.1, 0.15) is 11.1 Å². The minimum atomic E-state index is -4.55. The molecule has 0 aliphatic rings. The Bertz CT molecular complexity index is 618. The fraction of sp³-hybridized carbons (Fsp3) is 0.200. The summed E-state index contributed by atoms with van der Waals surface area (Å²) in [6, 6.07) is 2.03. The van der Waals surface area contributed by atoms with Gasteiger partial charge in [-0.15, -0.1) is 0 Å². The van der Waals surface area contributed by atoms with Gasteiger partial charge in [0.05, 0.1) is 5.56 Å². The molecule has 0 unspecified atom stereocenters. The van der Waals surface area contributed by atoms with Crippen LogP contribution < -0.4 is 11.3 Å². The van der Waals surface area contributed by atoms with Crippen molar-refractivity contribution in [2.45, 2.75) is 12.7 Å². The Labute approximate surface area is 93.5 Å². The molecular weight excluding hydrogens is 235 g/mol. The van der Waals surface area contributed by atoms with E-state index in [1.165, 1.54) is 6.20 Å². The van der Waals surface area contributed by atoms with Crippen molar-refractivity contribution in [3.63, 3.8) is 0 Å². The monoisotopic (exact) mass is 243 g/mol. The van der Waals surface area contributed by atoms with E-state index in [9.17, 15) is 18.0 Å². The fourth-order valence-electron chi connectivity index (χ4n) is 1.51. The number of aromatic nitrogens is 2. The summed E-state index contributed by atoms with van der Waals surface area (Å²) < 4.78 is 38.8. The normalized spacial score (nSPS) is 12.0. The van der Waals surface area contributed by atoms with E-state index in [-0.39, 0.29) is 12.1 Å². The molecule has 0 saturated heterocycles. The second kappa shape index (κ2) is 3.85. The lowest BCUT2D eigenvalue weighted by Gasteiger charge is -2.10. The van der Waals surface area contributed by atoms with Gasteiger partial charge in [-0.25, -0.2) is 4.98 Å². The van der Waals surface area contributed by atoms with E-state index < -0.39 is 22.9 Å². The van der Waals surface area contributed by atoms with E-state index in [0.717, 1.165) is 22.7 Å². The fourth-order valence-corrected chi connectivity index (χ4v) is 1.51. The van der Waals surface area contributed by atoms with Gasteiger partial charge >= 0.3 is 6.18 Å². The van der Waals surface area contributed by atoms with Crippen LogP contribution in [0.2, 0.25) is 0 Å². The van der Waals surface area contributed by atoms with Crippen LogP contribution in [0, 0.1) is 0 Å². The van der Waals surface area contributed by atoms with Crippen molar-refractivity contribution in [1.82, 2.24) is 9.38 Å². The van der Waals surface area contributed by atoms with Crippen molar-refractivity contribution >= 4 is 5.65 Å². The van der Waals surface area contributed by atoms with Gasteiger partial charge in [-0.3, -0.25) is 9.20 Å². The highest BCUT2D eigenvalue weighted by atomic mass is 19.4. The Morgan fingerprint density at radius 3 is 2.71 bits per heavy atom. The average Bonchev–Trinajstić information content (AvgIpc) is 2.28. The maximum absolute atomic E-state index is 12.7. The Kier molecular flexibility index (Phi) is 2.62. The second-order valence-electron chi connectivity index (χ2n) is 3.41. The van der Waals surface area contributed by atoms with Crippen molar-refractivity contribution in [2.24, 2.45) is 5.73 Å². The number of fused-ring (bicyclic) bond motifs is 1. The Balaban J connectivity index is 2.85. The minimum Gasteiger partial charge on any atom is -0.326 e. The van der Waals surface area contributed by atoms with Crippen LogP contribution in [-0.4, -0.2) is 9.38 Å². The second-order valence-corrected chi connectivity index (χ2v) is 3.41. The molecule has 0 aliphatic heterocycles. The highest BCUT2D eigenvalue weighted by molar-refractivity contribution is 5.49. The summed E-state index contributed by atoms with van der Waals surface area (Å²) in [6.45, 7) is -0.0645. The standard InChI is InChI=1S/C10H8F3N3O/c11-10(12,13)7-2-1-3-16-8(7)15-5-6(4-14)9(16)17/h1-3,5H,4,14H2. The highest BCUT2D eigenvalue weighted by Gasteiger charge is 2.33. The lowest BCUT2D eigenvalue weighted by atomic mass is 10.2. The number of halogens is 3. The van der Waals surface area contributed by atoms with Crippen LogP contribution >= 0.6 is 0 Å². The van der Waals surface area contributed by atoms with Crippen LogP contribution in [0.15, 0.2) is 29.3 Å². The smallest absolute Gasteiger partial charge is 0.326 e. The van der Waals surface area contributed by atoms with Crippen molar-refractivity contribution < 1.29 is 13.2 Å². The molecule has 17 heavy (non-hydrogen) atoms. The third-order valence-electron chi connectivity index (χ3n) is 2.33. The van der Waals surface area contributed by atoms with Crippen molar-refractivity contribution in [3.05, 3.63) is 46.0 Å². The molecule has 90 valence electrons. The third-order valence-corrected chi connectivity index (χ3v) is 2.33. The van der Waals surface area contributed by atoms with Crippen molar-refractivity contribution in [3.8, 4) is 0 Å². The number of hydrogen-bond acceptors (Lipinski definition) is 3. The first-order valence-corrected chi connectivity index (χ1v) is 4.71. The molecule has 2 rings (SSSR count). The van der Waals surface area contributed by atoms with Gasteiger partial charge in [0.15, 0.2) is 5.65 Å². The zero-order valence-electron chi connectivity index (χ0n) is 8.53. The SMILES string of the molecule is NCc1cnc2c(C(F)(F)F)cccn2c1=O. The first kappa shape index (κ1) is 11.6. The quantitative estimate of drug-likeness (QED) is 0.817. The van der Waals surface area contributed by atoms with E-state index in [1.807, 2.05) is 0 Å². The van der Waals surface area contributed by atoms with E-state index in [1.54, 1.807) is 0 Å². The Morgan fingerprint density at radius 2 is 2.12 bits per heavy atom. The van der Waals surface area contributed by atoms with E-state index in [2.05, 4.69) is 4.98 Å². The summed E-state index contributed by atoms with van der Waals surface area (Å²) in [4.78, 5) is 15.4. The molecule has 0 bridgehead atoms. The maximum atomic E-state index is 12.7. The van der Waals surface area contributed by atoms with Gasteiger partial charge in [0, 0.05) is 24.5 Å². The van der Waals surface area contributed by atoms with Gasteiger partial charge in [0.1, 0.15) is 0 Å². The predicted octanol–water partition coefficient (Wildman–Crippen LogP) is 1.17. The summed E-state index contributed by atoms with van der Waals surface area (Å²) in [5.41, 5.74) is 3.52. The molecule has 2 aromatic heterocycles. The molecule has 0 aliphatic carbocycles. The summed E-state index contributed by atoms with van der Waals surface area (Å²) in [5, 5.41) is 0. The largest absolute Gasteiger partial charge is 0.419 e. The molecule has 0 radical (unpaired) electrons. The summed E-state index contributed by atoms with van der Waals surface area (Å²) in [5.74, 6) is 0. The van der Waals surface area contributed by atoms with Crippen molar-refractivity contribution in [1.29, 1.82) is 0 Å². The summed E-state index contributed by atoms with van der Waals surface area (Å²) in [6.07, 6.45) is -2.23. The summed E-state index contributed by atoms with van der Waals surface area (Å²) >= 11 is 0. The molecule has 0 saturated carbocycles. The molecule has 0 spiro atoms. The number of nitrogens with two attached hydrogens (primary N) is 1. The zero-order chi connectivity index (χ0) is 12.6. The number of nitrogens with zero attached hydrogens (tertiary/aromatic N) is 2. The Morgan fingerprint density at radius 1 is 1.41 bits per heavy atom. The van der Waals surface area contributed by atoms with E-state index in [4.69, 9.17) is 5.73 Å². The van der Waals surface area contributed by atoms with Gasteiger partial charge in [0.2, 0.25) is 0 Å². The lowest BCUT2D eigenvalue weighted by Crippen LogP contribution is -2.23. The van der Waals surface area contributed by atoms with Crippen LogP contribution in [0.4, 0.5) is 13.2 Å². The van der Waals surface area contributed by atoms with Gasteiger partial charge in [-0.1, -0.05) is 0 Å². The van der Waals surface area contributed by atoms with Crippen LogP contribution in [0.25, 0.3) is 5.65 Å². The third kappa shape index (κ3) is 1.89. The minimum absolute atomic E-state index is 0.0645. The average molecular weight is 243 g/mol. The molecule has 0 aromatic carbocycles. The highest BCUT2D eigenvalue weighted by Crippen LogP contribution is 2.30. The number of pyridine rings is 1. The van der Waals surface area contributed by atoms with Crippen LogP contribution in [0.5, 0.6) is 0 Å². The number of hydrogen-bond donors (Lipinski definition) is 1. The molecular formula is C10H8F3N3O. The lowest BCUT2D eigenvalue weighted by molar-refractivity contribution is -0.136. The molecule has 4 nitrogen and oxygen atoms in total.